The van der Waals surface area contributed by atoms with Crippen LogP contribution in [0.15, 0.2) is 18.2 Å². The number of benzene rings is 1. The average molecular weight is 278 g/mol. The number of morpholine rings is 1. The number of nitrogens with zero attached hydrogens (tertiary/aromatic N) is 1. The molecule has 0 radical (unpaired) electrons. The van der Waals surface area contributed by atoms with Gasteiger partial charge in [0.2, 0.25) is 0 Å². The van der Waals surface area contributed by atoms with Gasteiger partial charge >= 0.3 is 0 Å². The summed E-state index contributed by atoms with van der Waals surface area (Å²) >= 11 is 0. The van der Waals surface area contributed by atoms with E-state index in [1.165, 1.54) is 5.56 Å². The van der Waals surface area contributed by atoms with Crippen molar-refractivity contribution in [2.24, 2.45) is 0 Å². The predicted molar refractivity (Wildman–Crippen MR) is 82.3 cm³/mol. The van der Waals surface area contributed by atoms with E-state index in [4.69, 9.17) is 15.2 Å². The molecule has 0 bridgehead atoms. The van der Waals surface area contributed by atoms with E-state index < -0.39 is 0 Å². The SMILES string of the molecule is CC(C)(C)c1ccc(OCCN2CCOCC2)c(N)c1. The summed E-state index contributed by atoms with van der Waals surface area (Å²) in [5.41, 5.74) is 8.14. The summed E-state index contributed by atoms with van der Waals surface area (Å²) in [4.78, 5) is 2.35. The average Bonchev–Trinajstić information content (AvgIpc) is 2.40. The molecule has 112 valence electrons. The third kappa shape index (κ3) is 4.12. The zero-order valence-corrected chi connectivity index (χ0v) is 12.8. The van der Waals surface area contributed by atoms with E-state index in [-0.39, 0.29) is 5.41 Å². The Balaban J connectivity index is 1.86. The van der Waals surface area contributed by atoms with Crippen LogP contribution in [0, 0.1) is 0 Å². The molecule has 1 fully saturated rings. The second kappa shape index (κ2) is 6.46. The zero-order chi connectivity index (χ0) is 14.6. The lowest BCUT2D eigenvalue weighted by atomic mass is 9.87. The molecular formula is C16H26N2O2. The van der Waals surface area contributed by atoms with Crippen LogP contribution < -0.4 is 10.5 Å². The van der Waals surface area contributed by atoms with Crippen LogP contribution in [-0.4, -0.2) is 44.4 Å². The van der Waals surface area contributed by atoms with E-state index in [9.17, 15) is 0 Å². The monoisotopic (exact) mass is 278 g/mol. The Morgan fingerprint density at radius 2 is 1.95 bits per heavy atom. The number of anilines is 1. The van der Waals surface area contributed by atoms with Gasteiger partial charge in [-0.1, -0.05) is 26.8 Å². The lowest BCUT2D eigenvalue weighted by molar-refractivity contribution is 0.0323. The fourth-order valence-corrected chi connectivity index (χ4v) is 2.26. The molecule has 1 heterocycles. The second-order valence-corrected chi connectivity index (χ2v) is 6.31. The Bertz CT molecular complexity index is 435. The van der Waals surface area contributed by atoms with Crippen LogP contribution in [0.25, 0.3) is 0 Å². The summed E-state index contributed by atoms with van der Waals surface area (Å²) in [5, 5.41) is 0. The van der Waals surface area contributed by atoms with Gasteiger partial charge in [-0.2, -0.15) is 0 Å². The minimum absolute atomic E-state index is 0.112. The van der Waals surface area contributed by atoms with Crippen molar-refractivity contribution < 1.29 is 9.47 Å². The van der Waals surface area contributed by atoms with Crippen LogP contribution in [0.5, 0.6) is 5.75 Å². The van der Waals surface area contributed by atoms with E-state index in [0.717, 1.165) is 44.3 Å². The quantitative estimate of drug-likeness (QED) is 0.858. The van der Waals surface area contributed by atoms with Crippen molar-refractivity contribution in [1.29, 1.82) is 0 Å². The van der Waals surface area contributed by atoms with Gasteiger partial charge in [-0.05, 0) is 23.1 Å². The molecule has 4 heteroatoms. The Labute approximate surface area is 121 Å². The van der Waals surface area contributed by atoms with Crippen LogP contribution in [0.3, 0.4) is 0 Å². The Morgan fingerprint density at radius 1 is 1.25 bits per heavy atom. The maximum Gasteiger partial charge on any atom is 0.142 e. The van der Waals surface area contributed by atoms with Gasteiger partial charge in [-0.25, -0.2) is 0 Å². The highest BCUT2D eigenvalue weighted by atomic mass is 16.5. The first kappa shape index (κ1) is 15.1. The molecule has 20 heavy (non-hydrogen) atoms. The van der Waals surface area contributed by atoms with Crippen LogP contribution in [0.2, 0.25) is 0 Å². The maximum atomic E-state index is 6.08. The summed E-state index contributed by atoms with van der Waals surface area (Å²) < 4.78 is 11.1. The van der Waals surface area contributed by atoms with Crippen LogP contribution in [0.4, 0.5) is 5.69 Å². The molecule has 1 saturated heterocycles. The van der Waals surface area contributed by atoms with Crippen molar-refractivity contribution in [3.05, 3.63) is 23.8 Å². The minimum Gasteiger partial charge on any atom is -0.490 e. The number of nitrogens with two attached hydrogens (primary N) is 1. The summed E-state index contributed by atoms with van der Waals surface area (Å²) in [6.07, 6.45) is 0. The van der Waals surface area contributed by atoms with Crippen molar-refractivity contribution in [2.45, 2.75) is 26.2 Å². The number of nitrogen functional groups attached to an aromatic ring is 1. The van der Waals surface area contributed by atoms with Crippen LogP contribution in [-0.2, 0) is 10.2 Å². The third-order valence-corrected chi connectivity index (χ3v) is 3.64. The normalized spacial score (nSPS) is 17.1. The summed E-state index contributed by atoms with van der Waals surface area (Å²) in [7, 11) is 0. The largest absolute Gasteiger partial charge is 0.490 e. The molecule has 0 aliphatic carbocycles. The first-order valence-electron chi connectivity index (χ1n) is 7.30. The van der Waals surface area contributed by atoms with Crippen molar-refractivity contribution >= 4 is 5.69 Å². The molecule has 0 amide bonds. The van der Waals surface area contributed by atoms with Crippen molar-refractivity contribution in [1.82, 2.24) is 4.90 Å². The van der Waals surface area contributed by atoms with Crippen molar-refractivity contribution in [3.8, 4) is 5.75 Å². The minimum atomic E-state index is 0.112. The van der Waals surface area contributed by atoms with E-state index in [2.05, 4.69) is 31.7 Å². The molecule has 0 spiro atoms. The van der Waals surface area contributed by atoms with Gasteiger partial charge in [0, 0.05) is 19.6 Å². The third-order valence-electron chi connectivity index (χ3n) is 3.64. The Kier molecular flexibility index (Phi) is 4.89. The topological polar surface area (TPSA) is 47.7 Å². The van der Waals surface area contributed by atoms with Gasteiger partial charge in [0.15, 0.2) is 0 Å². The van der Waals surface area contributed by atoms with Gasteiger partial charge in [0.1, 0.15) is 12.4 Å². The van der Waals surface area contributed by atoms with Crippen LogP contribution >= 0.6 is 0 Å². The lowest BCUT2D eigenvalue weighted by Gasteiger charge is -2.26. The molecule has 0 unspecified atom stereocenters. The zero-order valence-electron chi connectivity index (χ0n) is 12.8. The van der Waals surface area contributed by atoms with Gasteiger partial charge in [-0.3, -0.25) is 4.90 Å². The van der Waals surface area contributed by atoms with E-state index >= 15 is 0 Å². The summed E-state index contributed by atoms with van der Waals surface area (Å²) in [6.45, 7) is 11.7. The number of ether oxygens (including phenoxy) is 2. The summed E-state index contributed by atoms with van der Waals surface area (Å²) in [6, 6.07) is 6.10. The van der Waals surface area contributed by atoms with E-state index in [1.54, 1.807) is 0 Å². The van der Waals surface area contributed by atoms with Gasteiger partial charge in [-0.15, -0.1) is 0 Å². The lowest BCUT2D eigenvalue weighted by Crippen LogP contribution is -2.38. The Morgan fingerprint density at radius 3 is 2.55 bits per heavy atom. The van der Waals surface area contributed by atoms with Crippen molar-refractivity contribution in [3.63, 3.8) is 0 Å². The molecule has 4 nitrogen and oxygen atoms in total. The Hall–Kier alpha value is -1.26. The molecule has 0 atom stereocenters. The first-order valence-corrected chi connectivity index (χ1v) is 7.30. The molecule has 1 aromatic rings. The molecule has 2 rings (SSSR count). The smallest absolute Gasteiger partial charge is 0.142 e. The molecule has 1 aliphatic heterocycles. The molecule has 2 N–H and O–H groups in total. The molecule has 0 saturated carbocycles. The number of hydrogen-bond acceptors (Lipinski definition) is 4. The molecule has 1 aromatic carbocycles. The number of rotatable bonds is 4. The fourth-order valence-electron chi connectivity index (χ4n) is 2.26. The van der Waals surface area contributed by atoms with Gasteiger partial charge in [0.25, 0.3) is 0 Å². The van der Waals surface area contributed by atoms with Crippen LogP contribution in [0.1, 0.15) is 26.3 Å². The van der Waals surface area contributed by atoms with Gasteiger partial charge < -0.3 is 15.2 Å². The van der Waals surface area contributed by atoms with Crippen molar-refractivity contribution in [2.75, 3.05) is 45.2 Å². The summed E-state index contributed by atoms with van der Waals surface area (Å²) in [5.74, 6) is 0.784. The predicted octanol–water partition coefficient (Wildman–Crippen LogP) is 2.28. The fraction of sp³-hybridized carbons (Fsp3) is 0.625. The molecule has 0 aromatic heterocycles. The van der Waals surface area contributed by atoms with E-state index in [1.807, 2.05) is 12.1 Å². The standard InChI is InChI=1S/C16H26N2O2/c1-16(2,3)13-4-5-15(14(17)12-13)20-11-8-18-6-9-19-10-7-18/h4-5,12H,6-11,17H2,1-3H3. The maximum absolute atomic E-state index is 6.08. The molecular weight excluding hydrogens is 252 g/mol. The second-order valence-electron chi connectivity index (χ2n) is 6.31. The number of hydrogen-bond donors (Lipinski definition) is 1. The first-order chi connectivity index (χ1) is 9.47. The highest BCUT2D eigenvalue weighted by Crippen LogP contribution is 2.29. The molecule has 1 aliphatic rings. The highest BCUT2D eigenvalue weighted by Gasteiger charge is 2.15. The van der Waals surface area contributed by atoms with Gasteiger partial charge in [0.05, 0.1) is 18.9 Å². The highest BCUT2D eigenvalue weighted by molar-refractivity contribution is 5.55. The van der Waals surface area contributed by atoms with E-state index in [0.29, 0.717) is 6.61 Å².